The Bertz CT molecular complexity index is 537. The molecular formula is C15H17ClN2O. The maximum absolute atomic E-state index is 6.27. The molecule has 1 N–H and O–H groups in total. The third kappa shape index (κ3) is 2.72. The molecule has 1 aliphatic heterocycles. The molecule has 0 aromatic heterocycles. The molecule has 0 spiro atoms. The number of hydrogen-bond donors (Lipinski definition) is 1. The summed E-state index contributed by atoms with van der Waals surface area (Å²) in [6.07, 6.45) is 2.43. The lowest BCUT2D eigenvalue weighted by atomic mass is 9.95. The highest BCUT2D eigenvalue weighted by Gasteiger charge is 2.25. The van der Waals surface area contributed by atoms with Crippen LogP contribution in [0.3, 0.4) is 0 Å². The van der Waals surface area contributed by atoms with Crippen molar-refractivity contribution < 1.29 is 4.74 Å². The van der Waals surface area contributed by atoms with Gasteiger partial charge < -0.3 is 10.1 Å². The summed E-state index contributed by atoms with van der Waals surface area (Å²) in [5.41, 5.74) is 1.82. The van der Waals surface area contributed by atoms with Crippen molar-refractivity contribution in [1.82, 2.24) is 5.32 Å². The van der Waals surface area contributed by atoms with E-state index in [4.69, 9.17) is 16.3 Å². The second-order valence-electron chi connectivity index (χ2n) is 4.39. The molecule has 19 heavy (non-hydrogen) atoms. The molecule has 0 aliphatic carbocycles. The molecule has 1 aliphatic rings. The van der Waals surface area contributed by atoms with Crippen LogP contribution >= 0.6 is 11.6 Å². The number of fused-ring (bicyclic) bond motifs is 1. The second kappa shape index (κ2) is 6.04. The molecule has 0 saturated carbocycles. The average Bonchev–Trinajstić information content (AvgIpc) is 2.56. The zero-order valence-electron chi connectivity index (χ0n) is 10.9. The number of ether oxygens (including phenoxy) is 1. The number of hydrogen-bond acceptors (Lipinski definition) is 3. The van der Waals surface area contributed by atoms with E-state index in [0.717, 1.165) is 30.0 Å². The fourth-order valence-corrected chi connectivity index (χ4v) is 2.56. The number of allylic oxidation sites excluding steroid dienone is 1. The van der Waals surface area contributed by atoms with Gasteiger partial charge in [-0.1, -0.05) is 24.2 Å². The molecule has 2 rings (SSSR count). The first-order chi connectivity index (χ1) is 9.21. The third-order valence-electron chi connectivity index (χ3n) is 3.19. The summed E-state index contributed by atoms with van der Waals surface area (Å²) in [5.74, 6) is 1.58. The van der Waals surface area contributed by atoms with Crippen LogP contribution < -0.4 is 10.1 Å². The average molecular weight is 277 g/mol. The Labute approximate surface area is 118 Å². The zero-order valence-corrected chi connectivity index (χ0v) is 11.7. The fourth-order valence-electron chi connectivity index (χ4n) is 2.32. The van der Waals surface area contributed by atoms with Crippen LogP contribution in [0, 0.1) is 5.92 Å². The Morgan fingerprint density at radius 1 is 1.58 bits per heavy atom. The molecule has 1 aromatic rings. The van der Waals surface area contributed by atoms with Gasteiger partial charge in [0, 0.05) is 23.0 Å². The van der Waals surface area contributed by atoms with Crippen LogP contribution in [0.15, 0.2) is 47.3 Å². The second-order valence-corrected chi connectivity index (χ2v) is 4.80. The van der Waals surface area contributed by atoms with E-state index in [-0.39, 0.29) is 5.92 Å². The summed E-state index contributed by atoms with van der Waals surface area (Å²) < 4.78 is 5.88. The lowest BCUT2D eigenvalue weighted by Gasteiger charge is -2.15. The van der Waals surface area contributed by atoms with Crippen LogP contribution in [0.25, 0.3) is 0 Å². The van der Waals surface area contributed by atoms with E-state index in [1.165, 1.54) is 0 Å². The van der Waals surface area contributed by atoms with E-state index in [2.05, 4.69) is 23.6 Å². The molecule has 4 heteroatoms. The van der Waals surface area contributed by atoms with Crippen molar-refractivity contribution in [1.29, 1.82) is 0 Å². The smallest absolute Gasteiger partial charge is 0.148 e. The van der Waals surface area contributed by atoms with Gasteiger partial charge in [-0.25, -0.2) is 0 Å². The van der Waals surface area contributed by atoms with Crippen LogP contribution in [0.1, 0.15) is 5.56 Å². The number of nitrogens with zero attached hydrogens (tertiary/aromatic N) is 1. The fraction of sp³-hybridized carbons (Fsp3) is 0.267. The van der Waals surface area contributed by atoms with Crippen molar-refractivity contribution in [3.63, 3.8) is 0 Å². The molecule has 0 unspecified atom stereocenters. The van der Waals surface area contributed by atoms with Crippen LogP contribution in [0.5, 0.6) is 5.75 Å². The van der Waals surface area contributed by atoms with E-state index in [1.807, 2.05) is 25.2 Å². The van der Waals surface area contributed by atoms with E-state index in [9.17, 15) is 0 Å². The highest BCUT2D eigenvalue weighted by atomic mass is 35.5. The zero-order chi connectivity index (χ0) is 13.8. The number of nitrogens with one attached hydrogen (secondary N) is 1. The van der Waals surface area contributed by atoms with Crippen molar-refractivity contribution in [2.75, 3.05) is 13.6 Å². The van der Waals surface area contributed by atoms with E-state index in [1.54, 1.807) is 6.08 Å². The molecule has 1 atom stereocenters. The summed E-state index contributed by atoms with van der Waals surface area (Å²) in [7, 11) is 1.91. The minimum atomic E-state index is 0.164. The molecule has 0 saturated heterocycles. The lowest BCUT2D eigenvalue weighted by molar-refractivity contribution is 0.434. The molecule has 1 heterocycles. The van der Waals surface area contributed by atoms with E-state index < -0.39 is 0 Å². The summed E-state index contributed by atoms with van der Waals surface area (Å²) in [6, 6.07) is 5.66. The topological polar surface area (TPSA) is 33.6 Å². The summed E-state index contributed by atoms with van der Waals surface area (Å²) in [4.78, 5) is 4.12. The van der Waals surface area contributed by atoms with Crippen LogP contribution in [0.2, 0.25) is 5.02 Å². The van der Waals surface area contributed by atoms with Gasteiger partial charge >= 0.3 is 0 Å². The molecule has 0 fully saturated rings. The monoisotopic (exact) mass is 276 g/mol. The van der Waals surface area contributed by atoms with Crippen molar-refractivity contribution in [3.05, 3.63) is 52.9 Å². The van der Waals surface area contributed by atoms with E-state index in [0.29, 0.717) is 10.8 Å². The van der Waals surface area contributed by atoms with Gasteiger partial charge in [0.25, 0.3) is 0 Å². The van der Waals surface area contributed by atoms with E-state index >= 15 is 0 Å². The number of benzene rings is 1. The highest BCUT2D eigenvalue weighted by Crippen LogP contribution is 2.36. The van der Waals surface area contributed by atoms with Gasteiger partial charge in [-0.05, 0) is 38.4 Å². The van der Waals surface area contributed by atoms with Crippen molar-refractivity contribution in [2.24, 2.45) is 10.9 Å². The number of aliphatic imine (C=N–C) groups is 1. The van der Waals surface area contributed by atoms with Gasteiger partial charge in [-0.15, -0.1) is 0 Å². The summed E-state index contributed by atoms with van der Waals surface area (Å²) in [6.45, 7) is 8.21. The third-order valence-corrected chi connectivity index (χ3v) is 3.55. The van der Waals surface area contributed by atoms with Gasteiger partial charge in [-0.3, -0.25) is 4.99 Å². The predicted octanol–water partition coefficient (Wildman–Crippen LogP) is 3.21. The van der Waals surface area contributed by atoms with Crippen molar-refractivity contribution >= 4 is 18.3 Å². The maximum atomic E-state index is 6.27. The minimum absolute atomic E-state index is 0.164. The largest absolute Gasteiger partial charge is 0.455 e. The van der Waals surface area contributed by atoms with Gasteiger partial charge in [0.1, 0.15) is 11.5 Å². The Kier molecular flexibility index (Phi) is 4.40. The van der Waals surface area contributed by atoms with Gasteiger partial charge in [0.05, 0.1) is 5.70 Å². The van der Waals surface area contributed by atoms with Gasteiger partial charge in [0.2, 0.25) is 0 Å². The molecule has 0 bridgehead atoms. The molecule has 100 valence electrons. The highest BCUT2D eigenvalue weighted by molar-refractivity contribution is 6.31. The maximum Gasteiger partial charge on any atom is 0.148 e. The molecule has 3 nitrogen and oxygen atoms in total. The van der Waals surface area contributed by atoms with Crippen molar-refractivity contribution in [2.45, 2.75) is 6.42 Å². The predicted molar refractivity (Wildman–Crippen MR) is 80.0 cm³/mol. The van der Waals surface area contributed by atoms with Gasteiger partial charge in [-0.2, -0.15) is 0 Å². The molecule has 0 amide bonds. The minimum Gasteiger partial charge on any atom is -0.455 e. The SMILES string of the molecule is C=CC1=C(N=C)[C@H](CNC)Cc2c(Cl)cccc2O1. The normalized spacial score (nSPS) is 18.3. The standard InChI is InChI=1S/C15H17ClN2O/c1-4-13-15(18-3)10(9-17-2)8-11-12(16)6-5-7-14(11)19-13/h4-7,10,17H,1,3,8-9H2,2H3/t10-/m0/s1. The van der Waals surface area contributed by atoms with Crippen LogP contribution in [-0.2, 0) is 6.42 Å². The van der Waals surface area contributed by atoms with Crippen LogP contribution in [0.4, 0.5) is 0 Å². The Morgan fingerprint density at radius 3 is 3.00 bits per heavy atom. The van der Waals surface area contributed by atoms with Gasteiger partial charge in [0.15, 0.2) is 0 Å². The molecular weight excluding hydrogens is 260 g/mol. The Balaban J connectivity index is 2.53. The molecule has 1 aromatic carbocycles. The summed E-state index contributed by atoms with van der Waals surface area (Å²) in [5, 5.41) is 3.88. The number of rotatable bonds is 4. The summed E-state index contributed by atoms with van der Waals surface area (Å²) >= 11 is 6.27. The Morgan fingerprint density at radius 2 is 2.37 bits per heavy atom. The van der Waals surface area contributed by atoms with Crippen molar-refractivity contribution in [3.8, 4) is 5.75 Å². The first kappa shape index (κ1) is 13.8. The lowest BCUT2D eigenvalue weighted by Crippen LogP contribution is -2.22. The first-order valence-electron chi connectivity index (χ1n) is 6.14. The number of halogens is 1. The molecule has 0 radical (unpaired) electrons. The first-order valence-corrected chi connectivity index (χ1v) is 6.52. The quantitative estimate of drug-likeness (QED) is 0.857. The Hall–Kier alpha value is -1.58. The van der Waals surface area contributed by atoms with Crippen LogP contribution in [-0.4, -0.2) is 20.3 Å².